The summed E-state index contributed by atoms with van der Waals surface area (Å²) < 4.78 is 6.73. The van der Waals surface area contributed by atoms with Gasteiger partial charge < -0.3 is 4.74 Å². The summed E-state index contributed by atoms with van der Waals surface area (Å²) in [6.07, 6.45) is 6.59. The molecule has 0 saturated heterocycles. The highest BCUT2D eigenvalue weighted by atomic mass is 79.9. The molecule has 20 heavy (non-hydrogen) atoms. The lowest BCUT2D eigenvalue weighted by Crippen LogP contribution is -1.99. The van der Waals surface area contributed by atoms with Gasteiger partial charge in [-0.3, -0.25) is 0 Å². The summed E-state index contributed by atoms with van der Waals surface area (Å²) in [7, 11) is 0. The predicted octanol–water partition coefficient (Wildman–Crippen LogP) is 5.95. The van der Waals surface area contributed by atoms with E-state index in [0.717, 1.165) is 35.1 Å². The maximum absolute atomic E-state index is 6.75. The summed E-state index contributed by atoms with van der Waals surface area (Å²) in [6.45, 7) is 2.88. The molecule has 3 unspecified atom stereocenters. The summed E-state index contributed by atoms with van der Waals surface area (Å²) >= 11 is 10.4. The molecule has 0 aromatic heterocycles. The first-order valence-electron chi connectivity index (χ1n) is 7.78. The Balaban J connectivity index is 1.69. The van der Waals surface area contributed by atoms with E-state index in [9.17, 15) is 0 Å². The molecule has 110 valence electrons. The fourth-order valence-corrected chi connectivity index (χ4v) is 4.74. The SMILES string of the molecule is CCCOc1ccc(C(Cl)C2C3CCCCC32)cc1Br. The van der Waals surface area contributed by atoms with Crippen molar-refractivity contribution < 1.29 is 4.74 Å². The lowest BCUT2D eigenvalue weighted by molar-refractivity contribution is 0.315. The Kier molecular flexibility index (Phi) is 4.62. The van der Waals surface area contributed by atoms with Crippen LogP contribution in [0.1, 0.15) is 50.0 Å². The van der Waals surface area contributed by atoms with Gasteiger partial charge in [0.15, 0.2) is 0 Å². The molecule has 3 atom stereocenters. The molecule has 1 nitrogen and oxygen atoms in total. The van der Waals surface area contributed by atoms with Crippen LogP contribution >= 0.6 is 27.5 Å². The molecule has 2 fully saturated rings. The van der Waals surface area contributed by atoms with E-state index in [1.807, 2.05) is 0 Å². The molecule has 0 spiro atoms. The Morgan fingerprint density at radius 3 is 2.60 bits per heavy atom. The standard InChI is InChI=1S/C17H22BrClO/c1-2-9-20-15-8-7-11(10-14(15)18)17(19)16-12-5-3-4-6-13(12)16/h7-8,10,12-13,16-17H,2-6,9H2,1H3. The van der Waals surface area contributed by atoms with E-state index >= 15 is 0 Å². The number of halogens is 2. The van der Waals surface area contributed by atoms with Gasteiger partial charge in [0.1, 0.15) is 5.75 Å². The fourth-order valence-electron chi connectivity index (χ4n) is 3.72. The Labute approximate surface area is 135 Å². The second-order valence-electron chi connectivity index (χ2n) is 6.13. The van der Waals surface area contributed by atoms with E-state index in [4.69, 9.17) is 16.3 Å². The van der Waals surface area contributed by atoms with Gasteiger partial charge in [0.2, 0.25) is 0 Å². The summed E-state index contributed by atoms with van der Waals surface area (Å²) in [5, 5.41) is 0.166. The van der Waals surface area contributed by atoms with Crippen molar-refractivity contribution in [3.8, 4) is 5.75 Å². The first-order valence-corrected chi connectivity index (χ1v) is 9.01. The van der Waals surface area contributed by atoms with Crippen LogP contribution in [0.2, 0.25) is 0 Å². The average molecular weight is 358 g/mol. The van der Waals surface area contributed by atoms with Crippen molar-refractivity contribution in [3.63, 3.8) is 0 Å². The molecule has 0 heterocycles. The van der Waals surface area contributed by atoms with Crippen LogP contribution in [-0.2, 0) is 0 Å². The highest BCUT2D eigenvalue weighted by Gasteiger charge is 2.53. The van der Waals surface area contributed by atoms with Gasteiger partial charge in [-0.15, -0.1) is 11.6 Å². The van der Waals surface area contributed by atoms with Gasteiger partial charge in [0.05, 0.1) is 16.5 Å². The molecular formula is C17H22BrClO. The van der Waals surface area contributed by atoms with E-state index in [1.54, 1.807) is 0 Å². The molecule has 2 saturated carbocycles. The molecule has 0 aliphatic heterocycles. The van der Waals surface area contributed by atoms with Crippen LogP contribution in [0, 0.1) is 17.8 Å². The molecule has 0 amide bonds. The second-order valence-corrected chi connectivity index (χ2v) is 7.45. The zero-order valence-electron chi connectivity index (χ0n) is 11.9. The van der Waals surface area contributed by atoms with Gasteiger partial charge in [-0.25, -0.2) is 0 Å². The molecular weight excluding hydrogens is 336 g/mol. The highest BCUT2D eigenvalue weighted by Crippen LogP contribution is 2.62. The minimum absolute atomic E-state index is 0.166. The summed E-state index contributed by atoms with van der Waals surface area (Å²) in [6, 6.07) is 6.33. The number of hydrogen-bond donors (Lipinski definition) is 0. The summed E-state index contributed by atoms with van der Waals surface area (Å²) in [5.74, 6) is 3.41. The van der Waals surface area contributed by atoms with E-state index in [0.29, 0.717) is 5.92 Å². The quantitative estimate of drug-likeness (QED) is 0.591. The minimum atomic E-state index is 0.166. The van der Waals surface area contributed by atoms with Crippen molar-refractivity contribution in [3.05, 3.63) is 28.2 Å². The van der Waals surface area contributed by atoms with Crippen molar-refractivity contribution in [2.45, 2.75) is 44.4 Å². The van der Waals surface area contributed by atoms with Gasteiger partial charge in [-0.2, -0.15) is 0 Å². The number of hydrogen-bond acceptors (Lipinski definition) is 1. The fraction of sp³-hybridized carbons (Fsp3) is 0.647. The van der Waals surface area contributed by atoms with Crippen LogP contribution in [0.25, 0.3) is 0 Å². The highest BCUT2D eigenvalue weighted by molar-refractivity contribution is 9.10. The molecule has 1 aromatic rings. The third kappa shape index (κ3) is 2.87. The van der Waals surface area contributed by atoms with E-state index in [1.165, 1.54) is 31.2 Å². The van der Waals surface area contributed by atoms with Crippen LogP contribution in [0.15, 0.2) is 22.7 Å². The molecule has 2 aliphatic carbocycles. The Morgan fingerprint density at radius 1 is 1.30 bits per heavy atom. The lowest BCUT2D eigenvalue weighted by atomic mass is 10.0. The van der Waals surface area contributed by atoms with E-state index in [2.05, 4.69) is 41.1 Å². The van der Waals surface area contributed by atoms with E-state index < -0.39 is 0 Å². The number of alkyl halides is 1. The van der Waals surface area contributed by atoms with Crippen molar-refractivity contribution in [2.75, 3.05) is 6.61 Å². The first-order chi connectivity index (χ1) is 9.72. The number of ether oxygens (including phenoxy) is 1. The lowest BCUT2D eigenvalue weighted by Gasteiger charge is -2.13. The Hall–Kier alpha value is -0.210. The van der Waals surface area contributed by atoms with Crippen LogP contribution in [0.3, 0.4) is 0 Å². The molecule has 0 radical (unpaired) electrons. The van der Waals surface area contributed by atoms with Crippen molar-refractivity contribution >= 4 is 27.5 Å². The smallest absolute Gasteiger partial charge is 0.133 e. The van der Waals surface area contributed by atoms with Gasteiger partial charge in [-0.1, -0.05) is 25.8 Å². The van der Waals surface area contributed by atoms with Crippen LogP contribution in [-0.4, -0.2) is 6.61 Å². The Bertz CT molecular complexity index is 464. The monoisotopic (exact) mass is 356 g/mol. The number of benzene rings is 1. The Morgan fingerprint density at radius 2 is 2.00 bits per heavy atom. The maximum Gasteiger partial charge on any atom is 0.133 e. The molecule has 0 bridgehead atoms. The summed E-state index contributed by atoms with van der Waals surface area (Å²) in [5.41, 5.74) is 1.24. The van der Waals surface area contributed by atoms with Gasteiger partial charge in [0, 0.05) is 0 Å². The zero-order chi connectivity index (χ0) is 14.1. The van der Waals surface area contributed by atoms with Crippen LogP contribution in [0.4, 0.5) is 0 Å². The first kappa shape index (κ1) is 14.7. The van der Waals surface area contributed by atoms with Crippen molar-refractivity contribution in [1.29, 1.82) is 0 Å². The van der Waals surface area contributed by atoms with E-state index in [-0.39, 0.29) is 5.38 Å². The largest absolute Gasteiger partial charge is 0.492 e. The number of fused-ring (bicyclic) bond motifs is 1. The second kappa shape index (κ2) is 6.27. The average Bonchev–Trinajstić information content (AvgIpc) is 3.19. The third-order valence-electron chi connectivity index (χ3n) is 4.80. The molecule has 0 N–H and O–H groups in total. The zero-order valence-corrected chi connectivity index (χ0v) is 14.3. The van der Waals surface area contributed by atoms with Crippen molar-refractivity contribution in [1.82, 2.24) is 0 Å². The topological polar surface area (TPSA) is 9.23 Å². The maximum atomic E-state index is 6.75. The molecule has 2 aliphatic rings. The van der Waals surface area contributed by atoms with Crippen molar-refractivity contribution in [2.24, 2.45) is 17.8 Å². The predicted molar refractivity (Wildman–Crippen MR) is 87.5 cm³/mol. The van der Waals surface area contributed by atoms with Gasteiger partial charge >= 0.3 is 0 Å². The van der Waals surface area contributed by atoms with Crippen LogP contribution < -0.4 is 4.74 Å². The van der Waals surface area contributed by atoms with Crippen LogP contribution in [0.5, 0.6) is 5.75 Å². The molecule has 1 aromatic carbocycles. The minimum Gasteiger partial charge on any atom is -0.492 e. The van der Waals surface area contributed by atoms with Gasteiger partial charge in [-0.05, 0) is 70.6 Å². The normalized spacial score (nSPS) is 29.6. The molecule has 3 rings (SSSR count). The third-order valence-corrected chi connectivity index (χ3v) is 5.96. The molecule has 3 heteroatoms. The summed E-state index contributed by atoms with van der Waals surface area (Å²) in [4.78, 5) is 0. The number of rotatable bonds is 5. The van der Waals surface area contributed by atoms with Gasteiger partial charge in [0.25, 0.3) is 0 Å².